The number of benzene rings is 1. The van der Waals surface area contributed by atoms with Crippen LogP contribution < -0.4 is 0 Å². The number of hydrogen-bond donors (Lipinski definition) is 0. The van der Waals surface area contributed by atoms with Gasteiger partial charge < -0.3 is 9.64 Å². The lowest BCUT2D eigenvalue weighted by Gasteiger charge is -2.38. The third-order valence-electron chi connectivity index (χ3n) is 5.77. The molecule has 0 N–H and O–H groups in total. The van der Waals surface area contributed by atoms with Gasteiger partial charge in [-0.1, -0.05) is 26.0 Å². The van der Waals surface area contributed by atoms with E-state index < -0.39 is 0 Å². The zero-order chi connectivity index (χ0) is 18.4. The Morgan fingerprint density at radius 2 is 1.50 bits per heavy atom. The van der Waals surface area contributed by atoms with Crippen LogP contribution in [0.5, 0.6) is 0 Å². The zero-order valence-electron chi connectivity index (χ0n) is 17.1. The second kappa shape index (κ2) is 12.7. The van der Waals surface area contributed by atoms with Gasteiger partial charge in [-0.3, -0.25) is 14.6 Å². The Labute approximate surface area is 182 Å². The summed E-state index contributed by atoms with van der Waals surface area (Å²) < 4.78 is 5.40. The second-order valence-corrected chi connectivity index (χ2v) is 7.38. The largest absolute Gasteiger partial charge is 0.379 e. The van der Waals surface area contributed by atoms with E-state index in [9.17, 15) is 4.79 Å². The molecular formula is C21H35Cl2N3O2. The Morgan fingerprint density at radius 3 is 2.04 bits per heavy atom. The summed E-state index contributed by atoms with van der Waals surface area (Å²) in [5.74, 6) is 0.173. The van der Waals surface area contributed by atoms with Crippen molar-refractivity contribution in [1.82, 2.24) is 14.7 Å². The fraction of sp³-hybridized carbons (Fsp3) is 0.667. The average molecular weight is 432 g/mol. The first-order valence-corrected chi connectivity index (χ1v) is 10.1. The number of carbonyl (C=O) groups is 1. The topological polar surface area (TPSA) is 36.0 Å². The van der Waals surface area contributed by atoms with Crippen molar-refractivity contribution in [3.63, 3.8) is 0 Å². The molecule has 2 fully saturated rings. The van der Waals surface area contributed by atoms with E-state index in [0.29, 0.717) is 6.04 Å². The van der Waals surface area contributed by atoms with E-state index in [1.807, 2.05) is 17.0 Å². The van der Waals surface area contributed by atoms with E-state index >= 15 is 0 Å². The van der Waals surface area contributed by atoms with Gasteiger partial charge in [0.05, 0.1) is 13.2 Å². The summed E-state index contributed by atoms with van der Waals surface area (Å²) in [6.07, 6.45) is 2.38. The molecule has 2 saturated heterocycles. The van der Waals surface area contributed by atoms with Gasteiger partial charge >= 0.3 is 0 Å². The Hall–Kier alpha value is -0.850. The first kappa shape index (κ1) is 25.2. The van der Waals surface area contributed by atoms with Crippen molar-refractivity contribution >= 4 is 30.7 Å². The van der Waals surface area contributed by atoms with Gasteiger partial charge in [0.2, 0.25) is 0 Å². The molecule has 160 valence electrons. The number of morpholine rings is 1. The number of ether oxygens (including phenoxy) is 1. The number of rotatable bonds is 6. The van der Waals surface area contributed by atoms with Crippen LogP contribution in [-0.4, -0.2) is 79.1 Å². The molecule has 7 heteroatoms. The summed E-state index contributed by atoms with van der Waals surface area (Å²) in [6.45, 7) is 12.7. The van der Waals surface area contributed by atoms with Crippen LogP contribution in [0.1, 0.15) is 42.6 Å². The lowest BCUT2D eigenvalue weighted by molar-refractivity contribution is 0.0342. The Kier molecular flexibility index (Phi) is 11.4. The van der Waals surface area contributed by atoms with Crippen LogP contribution in [0.25, 0.3) is 0 Å². The second-order valence-electron chi connectivity index (χ2n) is 7.38. The lowest BCUT2D eigenvalue weighted by atomic mass is 10.1. The predicted molar refractivity (Wildman–Crippen MR) is 119 cm³/mol. The molecule has 0 aromatic heterocycles. The number of carbonyl (C=O) groups excluding carboxylic acids is 1. The molecule has 1 aromatic rings. The predicted octanol–water partition coefficient (Wildman–Crippen LogP) is 3.31. The SMILES string of the molecule is CCC(CC)N1CCN(C(=O)c2ccc(CN3CCOCC3)cc2)CC1.Cl.Cl. The van der Waals surface area contributed by atoms with Crippen LogP contribution in [0.3, 0.4) is 0 Å². The Morgan fingerprint density at radius 1 is 0.929 bits per heavy atom. The summed E-state index contributed by atoms with van der Waals surface area (Å²) >= 11 is 0. The average Bonchev–Trinajstić information content (AvgIpc) is 2.70. The summed E-state index contributed by atoms with van der Waals surface area (Å²) in [5.41, 5.74) is 2.08. The third-order valence-corrected chi connectivity index (χ3v) is 5.77. The van der Waals surface area contributed by atoms with Crippen LogP contribution in [0.4, 0.5) is 0 Å². The molecule has 0 radical (unpaired) electrons. The minimum Gasteiger partial charge on any atom is -0.379 e. The summed E-state index contributed by atoms with van der Waals surface area (Å²) in [6, 6.07) is 8.84. The van der Waals surface area contributed by atoms with Gasteiger partial charge in [-0.15, -0.1) is 24.8 Å². The van der Waals surface area contributed by atoms with Crippen molar-refractivity contribution in [3.05, 3.63) is 35.4 Å². The number of hydrogen-bond acceptors (Lipinski definition) is 4. The van der Waals surface area contributed by atoms with Crippen molar-refractivity contribution in [2.24, 2.45) is 0 Å². The first-order chi connectivity index (χ1) is 12.7. The molecule has 0 bridgehead atoms. The minimum atomic E-state index is 0. The number of piperazine rings is 1. The lowest BCUT2D eigenvalue weighted by Crippen LogP contribution is -2.51. The first-order valence-electron chi connectivity index (χ1n) is 10.1. The van der Waals surface area contributed by atoms with Gasteiger partial charge in [0.25, 0.3) is 5.91 Å². The Balaban J connectivity index is 0.00000196. The highest BCUT2D eigenvalue weighted by Gasteiger charge is 2.25. The molecule has 0 aliphatic carbocycles. The van der Waals surface area contributed by atoms with E-state index in [1.165, 1.54) is 18.4 Å². The maximum atomic E-state index is 12.8. The highest BCUT2D eigenvalue weighted by molar-refractivity contribution is 5.94. The van der Waals surface area contributed by atoms with Gasteiger partial charge in [-0.05, 0) is 30.5 Å². The van der Waals surface area contributed by atoms with Gasteiger partial charge in [-0.25, -0.2) is 0 Å². The van der Waals surface area contributed by atoms with Crippen molar-refractivity contribution < 1.29 is 9.53 Å². The molecule has 2 aliphatic heterocycles. The fourth-order valence-electron chi connectivity index (χ4n) is 4.05. The normalized spacial score (nSPS) is 18.5. The molecule has 28 heavy (non-hydrogen) atoms. The molecular weight excluding hydrogens is 397 g/mol. The highest BCUT2D eigenvalue weighted by Crippen LogP contribution is 2.15. The van der Waals surface area contributed by atoms with Gasteiger partial charge in [0.15, 0.2) is 0 Å². The van der Waals surface area contributed by atoms with E-state index in [0.717, 1.165) is 64.6 Å². The van der Waals surface area contributed by atoms with Crippen molar-refractivity contribution in [2.75, 3.05) is 52.5 Å². The maximum absolute atomic E-state index is 12.8. The summed E-state index contributed by atoms with van der Waals surface area (Å²) in [7, 11) is 0. The molecule has 0 saturated carbocycles. The van der Waals surface area contributed by atoms with Gasteiger partial charge in [0, 0.05) is 57.4 Å². The van der Waals surface area contributed by atoms with Crippen LogP contribution >= 0.6 is 24.8 Å². The highest BCUT2D eigenvalue weighted by atomic mass is 35.5. The fourth-order valence-corrected chi connectivity index (χ4v) is 4.05. The summed E-state index contributed by atoms with van der Waals surface area (Å²) in [5, 5.41) is 0. The number of nitrogens with zero attached hydrogens (tertiary/aromatic N) is 3. The van der Waals surface area contributed by atoms with E-state index in [1.54, 1.807) is 0 Å². The summed E-state index contributed by atoms with van der Waals surface area (Å²) in [4.78, 5) is 19.7. The Bertz CT molecular complexity index is 568. The minimum absolute atomic E-state index is 0. The van der Waals surface area contributed by atoms with Crippen LogP contribution in [0.15, 0.2) is 24.3 Å². The van der Waals surface area contributed by atoms with Crippen LogP contribution in [0, 0.1) is 0 Å². The van der Waals surface area contributed by atoms with Gasteiger partial charge in [0.1, 0.15) is 0 Å². The smallest absolute Gasteiger partial charge is 0.253 e. The van der Waals surface area contributed by atoms with Crippen LogP contribution in [0.2, 0.25) is 0 Å². The maximum Gasteiger partial charge on any atom is 0.253 e. The molecule has 2 heterocycles. The molecule has 1 amide bonds. The van der Waals surface area contributed by atoms with Crippen molar-refractivity contribution in [1.29, 1.82) is 0 Å². The third kappa shape index (κ3) is 6.60. The molecule has 1 aromatic carbocycles. The molecule has 0 unspecified atom stereocenters. The molecule has 5 nitrogen and oxygen atoms in total. The van der Waals surface area contributed by atoms with Crippen molar-refractivity contribution in [3.8, 4) is 0 Å². The number of halogens is 2. The standard InChI is InChI=1S/C21H33N3O2.2ClH/c1-3-20(4-2)23-9-11-24(12-10-23)21(25)19-7-5-18(6-8-19)17-22-13-15-26-16-14-22;;/h5-8,20H,3-4,9-17H2,1-2H3;2*1H. The number of amides is 1. The quantitative estimate of drug-likeness (QED) is 0.691. The van der Waals surface area contributed by atoms with E-state index in [2.05, 4.69) is 35.8 Å². The molecule has 0 spiro atoms. The van der Waals surface area contributed by atoms with Crippen LogP contribution in [-0.2, 0) is 11.3 Å². The van der Waals surface area contributed by atoms with Crippen molar-refractivity contribution in [2.45, 2.75) is 39.3 Å². The molecule has 2 aliphatic rings. The van der Waals surface area contributed by atoms with E-state index in [-0.39, 0.29) is 30.7 Å². The molecule has 3 rings (SSSR count). The zero-order valence-corrected chi connectivity index (χ0v) is 18.8. The van der Waals surface area contributed by atoms with Gasteiger partial charge in [-0.2, -0.15) is 0 Å². The molecule has 0 atom stereocenters. The monoisotopic (exact) mass is 431 g/mol. The van der Waals surface area contributed by atoms with E-state index in [4.69, 9.17) is 4.74 Å².